The minimum Gasteiger partial charge on any atom is -0.487 e. The normalized spacial score (nSPS) is 23.2. The molecule has 3 aliphatic rings. The number of benzene rings is 1. The molecule has 5 rings (SSSR count). The molecular formula is C25H31N3O2. The summed E-state index contributed by atoms with van der Waals surface area (Å²) in [6, 6.07) is 12.6. The average Bonchev–Trinajstić information content (AvgIpc) is 3.32. The smallest absolute Gasteiger partial charge is 0.223 e. The summed E-state index contributed by atoms with van der Waals surface area (Å²) in [6.07, 6.45) is 9.62. The van der Waals surface area contributed by atoms with Crippen molar-refractivity contribution in [3.8, 4) is 5.75 Å². The molecule has 1 atom stereocenters. The van der Waals surface area contributed by atoms with Crippen LogP contribution in [0.4, 0.5) is 0 Å². The highest BCUT2D eigenvalue weighted by Crippen LogP contribution is 2.46. The second kappa shape index (κ2) is 8.38. The standard InChI is InChI=1S/C25H31N3O2/c29-24(28-13-3-4-14-28)17-21-18-25(30-23-6-2-1-5-22(21)23)9-15-27(16-10-25)19-20-7-11-26-12-8-20/h1-2,5-8,11-12,21H,3-4,9-10,13-19H2/t21-/m1/s1. The number of likely N-dealkylation sites (tertiary alicyclic amines) is 2. The van der Waals surface area contributed by atoms with E-state index in [0.717, 1.165) is 70.6 Å². The van der Waals surface area contributed by atoms with Crippen LogP contribution < -0.4 is 4.74 Å². The van der Waals surface area contributed by atoms with Crippen molar-refractivity contribution < 1.29 is 9.53 Å². The Morgan fingerprint density at radius 3 is 2.53 bits per heavy atom. The molecule has 0 aliphatic carbocycles. The first-order chi connectivity index (χ1) is 14.7. The molecule has 5 nitrogen and oxygen atoms in total. The Hall–Kier alpha value is -2.40. The van der Waals surface area contributed by atoms with Gasteiger partial charge in [-0.15, -0.1) is 0 Å². The number of rotatable bonds is 4. The van der Waals surface area contributed by atoms with E-state index in [-0.39, 0.29) is 11.5 Å². The molecule has 1 aromatic carbocycles. The molecule has 0 saturated carbocycles. The van der Waals surface area contributed by atoms with Crippen LogP contribution in [0.5, 0.6) is 5.75 Å². The Morgan fingerprint density at radius 1 is 1.03 bits per heavy atom. The fraction of sp³-hybridized carbons (Fsp3) is 0.520. The first-order valence-corrected chi connectivity index (χ1v) is 11.4. The minimum absolute atomic E-state index is 0.140. The van der Waals surface area contributed by atoms with Gasteiger partial charge in [0.2, 0.25) is 5.91 Å². The van der Waals surface area contributed by atoms with Gasteiger partial charge in [0.1, 0.15) is 11.4 Å². The lowest BCUT2D eigenvalue weighted by molar-refractivity contribution is -0.131. The average molecular weight is 406 g/mol. The van der Waals surface area contributed by atoms with Gasteiger partial charge in [0.25, 0.3) is 0 Å². The number of nitrogens with zero attached hydrogens (tertiary/aromatic N) is 3. The summed E-state index contributed by atoms with van der Waals surface area (Å²) in [7, 11) is 0. The number of pyridine rings is 1. The molecule has 2 aromatic rings. The van der Waals surface area contributed by atoms with Crippen LogP contribution in [0.15, 0.2) is 48.8 Å². The van der Waals surface area contributed by atoms with Crippen molar-refractivity contribution in [2.45, 2.75) is 56.6 Å². The number of piperidine rings is 1. The van der Waals surface area contributed by atoms with E-state index in [4.69, 9.17) is 4.74 Å². The van der Waals surface area contributed by atoms with Gasteiger partial charge in [-0.3, -0.25) is 14.7 Å². The third-order valence-corrected chi connectivity index (χ3v) is 7.11. The van der Waals surface area contributed by atoms with Gasteiger partial charge in [-0.2, -0.15) is 0 Å². The van der Waals surface area contributed by atoms with Crippen LogP contribution in [-0.4, -0.2) is 52.5 Å². The molecule has 1 amide bonds. The Balaban J connectivity index is 1.29. The Labute approximate surface area is 179 Å². The number of ether oxygens (including phenoxy) is 1. The lowest BCUT2D eigenvalue weighted by Gasteiger charge is -2.47. The first kappa shape index (κ1) is 19.6. The van der Waals surface area contributed by atoms with Gasteiger partial charge < -0.3 is 9.64 Å². The lowest BCUT2D eigenvalue weighted by atomic mass is 9.76. The van der Waals surface area contributed by atoms with Crippen molar-refractivity contribution in [3.05, 3.63) is 59.9 Å². The number of hydrogen-bond acceptors (Lipinski definition) is 4. The van der Waals surface area contributed by atoms with Gasteiger partial charge in [-0.1, -0.05) is 18.2 Å². The monoisotopic (exact) mass is 405 g/mol. The largest absolute Gasteiger partial charge is 0.487 e. The van der Waals surface area contributed by atoms with E-state index >= 15 is 0 Å². The van der Waals surface area contributed by atoms with Crippen LogP contribution in [0.1, 0.15) is 55.6 Å². The Morgan fingerprint density at radius 2 is 1.77 bits per heavy atom. The van der Waals surface area contributed by atoms with Gasteiger partial charge in [0.05, 0.1) is 0 Å². The molecule has 2 saturated heterocycles. The number of fused-ring (bicyclic) bond motifs is 1. The molecule has 3 aliphatic heterocycles. The maximum Gasteiger partial charge on any atom is 0.223 e. The van der Waals surface area contributed by atoms with Crippen molar-refractivity contribution in [2.24, 2.45) is 0 Å². The fourth-order valence-corrected chi connectivity index (χ4v) is 5.40. The molecule has 0 radical (unpaired) electrons. The molecule has 30 heavy (non-hydrogen) atoms. The Bertz CT molecular complexity index is 871. The van der Waals surface area contributed by atoms with E-state index < -0.39 is 0 Å². The highest BCUT2D eigenvalue weighted by atomic mass is 16.5. The molecule has 0 unspecified atom stereocenters. The number of carbonyl (C=O) groups is 1. The third-order valence-electron chi connectivity index (χ3n) is 7.11. The SMILES string of the molecule is O=C(C[C@@H]1CC2(CCN(Cc3ccncc3)CC2)Oc2ccccc21)N1CCCC1. The highest BCUT2D eigenvalue weighted by Gasteiger charge is 2.43. The molecule has 158 valence electrons. The number of para-hydroxylation sites is 1. The van der Waals surface area contributed by atoms with Crippen LogP contribution in [0.3, 0.4) is 0 Å². The zero-order chi connectivity index (χ0) is 20.4. The van der Waals surface area contributed by atoms with Gasteiger partial charge in [-0.25, -0.2) is 0 Å². The van der Waals surface area contributed by atoms with Crippen molar-refractivity contribution in [1.82, 2.24) is 14.8 Å². The molecular weight excluding hydrogens is 374 g/mol. The van der Waals surface area contributed by atoms with Gasteiger partial charge >= 0.3 is 0 Å². The van der Waals surface area contributed by atoms with Crippen molar-refractivity contribution >= 4 is 5.91 Å². The third kappa shape index (κ3) is 4.08. The van der Waals surface area contributed by atoms with Crippen molar-refractivity contribution in [2.75, 3.05) is 26.2 Å². The van der Waals surface area contributed by atoms with E-state index in [9.17, 15) is 4.79 Å². The second-order valence-corrected chi connectivity index (χ2v) is 9.15. The summed E-state index contributed by atoms with van der Waals surface area (Å²) in [5.41, 5.74) is 2.39. The molecule has 2 fully saturated rings. The summed E-state index contributed by atoms with van der Waals surface area (Å²) >= 11 is 0. The Kier molecular flexibility index (Phi) is 5.47. The molecule has 4 heterocycles. The summed E-state index contributed by atoms with van der Waals surface area (Å²) in [5.74, 6) is 1.57. The quantitative estimate of drug-likeness (QED) is 0.771. The van der Waals surface area contributed by atoms with Crippen LogP contribution in [-0.2, 0) is 11.3 Å². The van der Waals surface area contributed by atoms with Crippen LogP contribution in [0.2, 0.25) is 0 Å². The summed E-state index contributed by atoms with van der Waals surface area (Å²) in [4.78, 5) is 21.6. The second-order valence-electron chi connectivity index (χ2n) is 9.15. The summed E-state index contributed by atoms with van der Waals surface area (Å²) < 4.78 is 6.63. The maximum absolute atomic E-state index is 12.9. The van der Waals surface area contributed by atoms with E-state index in [1.807, 2.05) is 12.4 Å². The van der Waals surface area contributed by atoms with E-state index in [0.29, 0.717) is 12.3 Å². The predicted molar refractivity (Wildman–Crippen MR) is 116 cm³/mol. The molecule has 1 spiro atoms. The van der Waals surface area contributed by atoms with Gasteiger partial charge in [0, 0.05) is 57.5 Å². The maximum atomic E-state index is 12.9. The van der Waals surface area contributed by atoms with Crippen LogP contribution >= 0.6 is 0 Å². The molecule has 0 N–H and O–H groups in total. The summed E-state index contributed by atoms with van der Waals surface area (Å²) in [5, 5.41) is 0. The summed E-state index contributed by atoms with van der Waals surface area (Å²) in [6.45, 7) is 4.87. The topological polar surface area (TPSA) is 45.7 Å². The van der Waals surface area contributed by atoms with E-state index in [1.165, 1.54) is 11.1 Å². The number of hydrogen-bond donors (Lipinski definition) is 0. The van der Waals surface area contributed by atoms with Crippen molar-refractivity contribution in [1.29, 1.82) is 0 Å². The lowest BCUT2D eigenvalue weighted by Crippen LogP contribution is -2.50. The van der Waals surface area contributed by atoms with Crippen LogP contribution in [0.25, 0.3) is 0 Å². The van der Waals surface area contributed by atoms with Gasteiger partial charge in [-0.05, 0) is 61.4 Å². The number of aromatic nitrogens is 1. The zero-order valence-electron chi connectivity index (χ0n) is 17.6. The first-order valence-electron chi connectivity index (χ1n) is 11.4. The van der Waals surface area contributed by atoms with Crippen molar-refractivity contribution in [3.63, 3.8) is 0 Å². The van der Waals surface area contributed by atoms with E-state index in [2.05, 4.69) is 51.2 Å². The van der Waals surface area contributed by atoms with Crippen LogP contribution in [0, 0.1) is 0 Å². The zero-order valence-corrected chi connectivity index (χ0v) is 17.6. The molecule has 0 bridgehead atoms. The molecule has 1 aromatic heterocycles. The fourth-order valence-electron chi connectivity index (χ4n) is 5.40. The van der Waals surface area contributed by atoms with Gasteiger partial charge in [0.15, 0.2) is 0 Å². The predicted octanol–water partition coefficient (Wildman–Crippen LogP) is 4.00. The van der Waals surface area contributed by atoms with E-state index in [1.54, 1.807) is 0 Å². The number of amides is 1. The highest BCUT2D eigenvalue weighted by molar-refractivity contribution is 5.77. The number of carbonyl (C=O) groups excluding carboxylic acids is 1. The molecule has 5 heteroatoms. The minimum atomic E-state index is -0.140.